The monoisotopic (exact) mass is 675 g/mol. The van der Waals surface area contributed by atoms with E-state index in [1.807, 2.05) is 36.4 Å². The first kappa shape index (κ1) is 29.5. The lowest BCUT2D eigenvalue weighted by atomic mass is 9.86. The van der Waals surface area contributed by atoms with Gasteiger partial charge in [-0.2, -0.15) is 0 Å². The number of fused-ring (bicyclic) bond motifs is 8. The number of hydrogen-bond acceptors (Lipinski definition) is 4. The molecule has 0 aliphatic carbocycles. The molecule has 0 aliphatic heterocycles. The van der Waals surface area contributed by atoms with Gasteiger partial charge in [-0.3, -0.25) is 0 Å². The van der Waals surface area contributed by atoms with E-state index in [0.717, 1.165) is 76.7 Å². The fraction of sp³-hybridized carbons (Fsp3) is 0. The van der Waals surface area contributed by atoms with Gasteiger partial charge in [-0.05, 0) is 61.3 Å². The van der Waals surface area contributed by atoms with Crippen LogP contribution in [0.5, 0.6) is 0 Å². The molecule has 0 N–H and O–H groups in total. The Hall–Kier alpha value is -7.17. The smallest absolute Gasteiger partial charge is 0.165 e. The van der Waals surface area contributed by atoms with E-state index in [2.05, 4.69) is 140 Å². The van der Waals surface area contributed by atoms with Gasteiger partial charge in [-0.25, -0.2) is 15.0 Å². The first-order chi connectivity index (χ1) is 26.3. The molecule has 0 fully saturated rings. The first-order valence-corrected chi connectivity index (χ1v) is 17.9. The van der Waals surface area contributed by atoms with Crippen molar-refractivity contribution in [2.24, 2.45) is 0 Å². The quantitative estimate of drug-likeness (QED) is 0.174. The zero-order valence-corrected chi connectivity index (χ0v) is 28.5. The number of benzene rings is 9. The molecular weight excluding hydrogens is 647 g/mol. The summed E-state index contributed by atoms with van der Waals surface area (Å²) in [6.07, 6.45) is 0. The van der Waals surface area contributed by atoms with Crippen LogP contribution in [-0.2, 0) is 0 Å². The molecule has 4 nitrogen and oxygen atoms in total. The molecule has 0 unspecified atom stereocenters. The molecule has 0 spiro atoms. The predicted molar refractivity (Wildman–Crippen MR) is 219 cm³/mol. The summed E-state index contributed by atoms with van der Waals surface area (Å²) in [6, 6.07) is 61.5. The van der Waals surface area contributed by atoms with Crippen molar-refractivity contribution >= 4 is 65.0 Å². The van der Waals surface area contributed by atoms with Gasteiger partial charge in [0.15, 0.2) is 17.5 Å². The second-order valence-corrected chi connectivity index (χ2v) is 13.5. The Morgan fingerprint density at radius 3 is 1.38 bits per heavy atom. The van der Waals surface area contributed by atoms with Crippen LogP contribution in [0.1, 0.15) is 0 Å². The molecule has 53 heavy (non-hydrogen) atoms. The summed E-state index contributed by atoms with van der Waals surface area (Å²) in [5.74, 6) is 1.91. The second kappa shape index (κ2) is 11.7. The van der Waals surface area contributed by atoms with Crippen LogP contribution >= 0.6 is 0 Å². The lowest BCUT2D eigenvalue weighted by molar-refractivity contribution is 0.671. The molecule has 2 aromatic heterocycles. The van der Waals surface area contributed by atoms with Crippen molar-refractivity contribution in [1.82, 2.24) is 15.0 Å². The molecule has 0 amide bonds. The van der Waals surface area contributed by atoms with Crippen LogP contribution in [0.3, 0.4) is 0 Å². The number of rotatable bonds is 4. The maximum atomic E-state index is 6.96. The molecule has 0 atom stereocenters. The molecule has 0 radical (unpaired) electrons. The van der Waals surface area contributed by atoms with Gasteiger partial charge in [0.2, 0.25) is 0 Å². The van der Waals surface area contributed by atoms with Crippen LogP contribution in [0.15, 0.2) is 180 Å². The lowest BCUT2D eigenvalue weighted by Gasteiger charge is -2.18. The van der Waals surface area contributed by atoms with Gasteiger partial charge in [0.05, 0.1) is 0 Å². The zero-order valence-electron chi connectivity index (χ0n) is 28.5. The van der Waals surface area contributed by atoms with Gasteiger partial charge in [-0.15, -0.1) is 0 Å². The Kier molecular flexibility index (Phi) is 6.52. The standard InChI is InChI=1S/C49H29N3O/c1-3-15-30(16-4-1)47-50-48(31-17-5-2-6-18-31)52-49(51-47)45-38-25-13-11-23-36(38)43(37-24-12-14-26-39(37)45)41-28-34-21-9-10-22-35(34)44-40-27-32-19-7-8-20-33(32)29-42(40)53-46(41)44/h1-29H. The molecule has 9 aromatic carbocycles. The van der Waals surface area contributed by atoms with Crippen molar-refractivity contribution in [3.05, 3.63) is 176 Å². The molecule has 0 saturated carbocycles. The third kappa shape index (κ3) is 4.66. The van der Waals surface area contributed by atoms with Crippen molar-refractivity contribution in [1.29, 1.82) is 0 Å². The fourth-order valence-corrected chi connectivity index (χ4v) is 8.08. The third-order valence-corrected chi connectivity index (χ3v) is 10.5. The van der Waals surface area contributed by atoms with E-state index in [-0.39, 0.29) is 0 Å². The molecule has 0 aliphatic rings. The van der Waals surface area contributed by atoms with Gasteiger partial charge in [0, 0.05) is 38.6 Å². The Morgan fingerprint density at radius 2 is 0.792 bits per heavy atom. The van der Waals surface area contributed by atoms with E-state index in [1.54, 1.807) is 0 Å². The Morgan fingerprint density at radius 1 is 0.340 bits per heavy atom. The van der Waals surface area contributed by atoms with Crippen LogP contribution in [0, 0.1) is 0 Å². The normalized spacial score (nSPS) is 11.8. The largest absolute Gasteiger partial charge is 0.455 e. The third-order valence-electron chi connectivity index (χ3n) is 10.5. The summed E-state index contributed by atoms with van der Waals surface area (Å²) in [6.45, 7) is 0. The van der Waals surface area contributed by atoms with E-state index in [1.165, 1.54) is 16.2 Å². The first-order valence-electron chi connectivity index (χ1n) is 17.9. The summed E-state index contributed by atoms with van der Waals surface area (Å²) >= 11 is 0. The Balaban J connectivity index is 1.26. The average Bonchev–Trinajstić information content (AvgIpc) is 3.61. The molecule has 0 saturated heterocycles. The summed E-state index contributed by atoms with van der Waals surface area (Å²) in [7, 11) is 0. The van der Waals surface area contributed by atoms with Crippen molar-refractivity contribution in [2.75, 3.05) is 0 Å². The van der Waals surface area contributed by atoms with E-state index in [0.29, 0.717) is 17.5 Å². The maximum Gasteiger partial charge on any atom is 0.165 e. The van der Waals surface area contributed by atoms with Gasteiger partial charge < -0.3 is 4.42 Å². The molecule has 11 rings (SSSR count). The van der Waals surface area contributed by atoms with Gasteiger partial charge in [-0.1, -0.05) is 158 Å². The van der Waals surface area contributed by atoms with Crippen LogP contribution in [0.25, 0.3) is 110 Å². The molecular formula is C49H29N3O. The van der Waals surface area contributed by atoms with Crippen LogP contribution in [-0.4, -0.2) is 15.0 Å². The summed E-state index contributed by atoms with van der Waals surface area (Å²) < 4.78 is 6.96. The van der Waals surface area contributed by atoms with Crippen molar-refractivity contribution < 1.29 is 4.42 Å². The minimum atomic E-state index is 0.635. The highest BCUT2D eigenvalue weighted by atomic mass is 16.3. The summed E-state index contributed by atoms with van der Waals surface area (Å²) in [4.78, 5) is 15.4. The maximum absolute atomic E-state index is 6.96. The summed E-state index contributed by atoms with van der Waals surface area (Å²) in [5, 5.41) is 11.3. The van der Waals surface area contributed by atoms with Crippen molar-refractivity contribution in [2.45, 2.75) is 0 Å². The molecule has 0 bridgehead atoms. The number of furan rings is 1. The second-order valence-electron chi connectivity index (χ2n) is 13.5. The van der Waals surface area contributed by atoms with Crippen LogP contribution in [0.4, 0.5) is 0 Å². The van der Waals surface area contributed by atoms with Crippen LogP contribution in [0.2, 0.25) is 0 Å². The molecule has 246 valence electrons. The number of nitrogens with zero attached hydrogens (tertiary/aromatic N) is 3. The zero-order chi connectivity index (χ0) is 34.9. The molecule has 2 heterocycles. The number of aromatic nitrogens is 3. The van der Waals surface area contributed by atoms with Crippen molar-refractivity contribution in [3.63, 3.8) is 0 Å². The fourth-order valence-electron chi connectivity index (χ4n) is 8.08. The Bertz CT molecular complexity index is 3110. The van der Waals surface area contributed by atoms with Gasteiger partial charge in [0.25, 0.3) is 0 Å². The van der Waals surface area contributed by atoms with E-state index >= 15 is 0 Å². The molecule has 4 heteroatoms. The highest BCUT2D eigenvalue weighted by molar-refractivity contribution is 6.28. The molecule has 11 aromatic rings. The van der Waals surface area contributed by atoms with Gasteiger partial charge >= 0.3 is 0 Å². The van der Waals surface area contributed by atoms with E-state index < -0.39 is 0 Å². The Labute approximate surface area is 304 Å². The van der Waals surface area contributed by atoms with E-state index in [9.17, 15) is 0 Å². The highest BCUT2D eigenvalue weighted by Gasteiger charge is 2.24. The highest BCUT2D eigenvalue weighted by Crippen LogP contribution is 2.48. The van der Waals surface area contributed by atoms with Crippen LogP contribution < -0.4 is 0 Å². The average molecular weight is 676 g/mol. The predicted octanol–water partition coefficient (Wildman–Crippen LogP) is 13.1. The SMILES string of the molecule is c1ccc(-c2nc(-c3ccccc3)nc(-c3c4ccccc4c(-c4cc5ccccc5c5c4oc4cc6ccccc6cc45)c4ccccc34)n2)cc1. The van der Waals surface area contributed by atoms with E-state index in [4.69, 9.17) is 19.4 Å². The van der Waals surface area contributed by atoms with Gasteiger partial charge in [0.1, 0.15) is 11.2 Å². The minimum absolute atomic E-state index is 0.635. The summed E-state index contributed by atoms with van der Waals surface area (Å²) in [5.41, 5.74) is 6.81. The van der Waals surface area contributed by atoms with Crippen molar-refractivity contribution in [3.8, 4) is 45.3 Å². The lowest BCUT2D eigenvalue weighted by Crippen LogP contribution is -2.01. The number of hydrogen-bond donors (Lipinski definition) is 0. The topological polar surface area (TPSA) is 51.8 Å². The minimum Gasteiger partial charge on any atom is -0.455 e.